The minimum absolute atomic E-state index is 0. The van der Waals surface area contributed by atoms with E-state index < -0.39 is 0 Å². The molecule has 7 nitrogen and oxygen atoms in total. The average Bonchev–Trinajstić information content (AvgIpc) is 2.79. The van der Waals surface area contributed by atoms with Crippen LogP contribution in [0.15, 0.2) is 23.3 Å². The van der Waals surface area contributed by atoms with Crippen molar-refractivity contribution in [2.45, 2.75) is 64.3 Å². The van der Waals surface area contributed by atoms with Crippen LogP contribution in [0.2, 0.25) is 0 Å². The Hall–Kier alpha value is -1.58. The van der Waals surface area contributed by atoms with Gasteiger partial charge in [0.2, 0.25) is 5.91 Å². The number of aromatic nitrogens is 1. The number of halogens is 1. The zero-order chi connectivity index (χ0) is 21.2. The molecule has 31 heavy (non-hydrogen) atoms. The molecule has 0 aromatic carbocycles. The van der Waals surface area contributed by atoms with E-state index in [-0.39, 0.29) is 35.8 Å². The monoisotopic (exact) mass is 542 g/mol. The quantitative estimate of drug-likeness (QED) is 0.203. The average molecular weight is 543 g/mol. The molecule has 2 aliphatic rings. The summed E-state index contributed by atoms with van der Waals surface area (Å²) in [6.45, 7) is 3.25. The molecule has 1 aromatic heterocycles. The Morgan fingerprint density at radius 3 is 2.61 bits per heavy atom. The van der Waals surface area contributed by atoms with Gasteiger partial charge in [-0.25, -0.2) is 4.98 Å². The van der Waals surface area contributed by atoms with Crippen LogP contribution >= 0.6 is 24.0 Å². The molecule has 0 bridgehead atoms. The van der Waals surface area contributed by atoms with E-state index in [9.17, 15) is 4.79 Å². The van der Waals surface area contributed by atoms with E-state index in [0.29, 0.717) is 6.54 Å². The minimum Gasteiger partial charge on any atom is -0.369 e. The predicted octanol–water partition coefficient (Wildman–Crippen LogP) is 3.43. The van der Waals surface area contributed by atoms with Crippen LogP contribution in [0.3, 0.4) is 0 Å². The standard InChI is InChI=1S/C23H38N6O.HI/c1-25-23(27-14-5-9-18-7-3-2-4-8-18)28-17-20-10-6-13-26-22(20)29-15-11-19(12-16-29)21(24)30;/h6,10,13,18-19H,2-5,7-9,11-12,14-17H2,1H3,(H2,24,30)(H2,25,27,28);1H. The zero-order valence-electron chi connectivity index (χ0n) is 18.8. The number of rotatable bonds is 8. The van der Waals surface area contributed by atoms with Crippen LogP contribution in [-0.4, -0.2) is 43.5 Å². The largest absolute Gasteiger partial charge is 0.369 e. The number of piperidine rings is 1. The number of nitrogens with two attached hydrogens (primary N) is 1. The number of aliphatic imine (C=N–C) groups is 1. The topological polar surface area (TPSA) is 95.6 Å². The molecule has 2 fully saturated rings. The number of amides is 1. The van der Waals surface area contributed by atoms with Crippen LogP contribution in [-0.2, 0) is 11.3 Å². The van der Waals surface area contributed by atoms with Crippen LogP contribution in [0.1, 0.15) is 63.4 Å². The van der Waals surface area contributed by atoms with Crippen molar-refractivity contribution >= 4 is 41.7 Å². The summed E-state index contributed by atoms with van der Waals surface area (Å²) >= 11 is 0. The minimum atomic E-state index is -0.184. The van der Waals surface area contributed by atoms with Crippen molar-refractivity contribution < 1.29 is 4.79 Å². The molecule has 4 N–H and O–H groups in total. The molecule has 1 saturated carbocycles. The molecule has 174 valence electrons. The highest BCUT2D eigenvalue weighted by Crippen LogP contribution is 2.27. The molecule has 0 radical (unpaired) electrons. The number of pyridine rings is 1. The maximum Gasteiger partial charge on any atom is 0.220 e. The van der Waals surface area contributed by atoms with Crippen LogP contribution in [0.5, 0.6) is 0 Å². The van der Waals surface area contributed by atoms with E-state index in [0.717, 1.165) is 55.7 Å². The van der Waals surface area contributed by atoms with Gasteiger partial charge in [-0.2, -0.15) is 0 Å². The molecule has 1 saturated heterocycles. The fourth-order valence-electron chi connectivity index (χ4n) is 4.70. The van der Waals surface area contributed by atoms with E-state index >= 15 is 0 Å². The van der Waals surface area contributed by atoms with Gasteiger partial charge in [-0.1, -0.05) is 38.2 Å². The van der Waals surface area contributed by atoms with Gasteiger partial charge in [0, 0.05) is 50.9 Å². The van der Waals surface area contributed by atoms with Gasteiger partial charge in [-0.05, 0) is 37.7 Å². The van der Waals surface area contributed by atoms with Gasteiger partial charge in [0.25, 0.3) is 0 Å². The summed E-state index contributed by atoms with van der Waals surface area (Å²) in [6, 6.07) is 4.07. The van der Waals surface area contributed by atoms with Crippen molar-refractivity contribution in [3.05, 3.63) is 23.9 Å². The summed E-state index contributed by atoms with van der Waals surface area (Å²) in [6.07, 6.45) is 13.0. The number of carbonyl (C=O) groups excluding carboxylic acids is 1. The maximum atomic E-state index is 11.4. The fourth-order valence-corrected chi connectivity index (χ4v) is 4.70. The van der Waals surface area contributed by atoms with E-state index in [1.165, 1.54) is 44.9 Å². The van der Waals surface area contributed by atoms with Crippen molar-refractivity contribution in [2.24, 2.45) is 22.6 Å². The Bertz CT molecular complexity index is 699. The lowest BCUT2D eigenvalue weighted by Gasteiger charge is -2.32. The summed E-state index contributed by atoms with van der Waals surface area (Å²) in [7, 11) is 1.81. The zero-order valence-corrected chi connectivity index (χ0v) is 21.1. The summed E-state index contributed by atoms with van der Waals surface area (Å²) in [5, 5.41) is 6.88. The molecule has 2 heterocycles. The van der Waals surface area contributed by atoms with Crippen LogP contribution in [0.25, 0.3) is 0 Å². The smallest absolute Gasteiger partial charge is 0.220 e. The van der Waals surface area contributed by atoms with Gasteiger partial charge in [0.05, 0.1) is 0 Å². The summed E-state index contributed by atoms with van der Waals surface area (Å²) < 4.78 is 0. The number of nitrogens with one attached hydrogen (secondary N) is 2. The van der Waals surface area contributed by atoms with Gasteiger partial charge in [0.1, 0.15) is 5.82 Å². The molecule has 1 aliphatic heterocycles. The number of hydrogen-bond donors (Lipinski definition) is 3. The first-order valence-corrected chi connectivity index (χ1v) is 11.6. The second-order valence-electron chi connectivity index (χ2n) is 8.65. The Labute approximate surface area is 204 Å². The van der Waals surface area contributed by atoms with Crippen LogP contribution in [0, 0.1) is 11.8 Å². The lowest BCUT2D eigenvalue weighted by Crippen LogP contribution is -2.40. The lowest BCUT2D eigenvalue weighted by atomic mass is 9.86. The molecule has 8 heteroatoms. The number of anilines is 1. The summed E-state index contributed by atoms with van der Waals surface area (Å²) in [5.41, 5.74) is 6.61. The summed E-state index contributed by atoms with van der Waals surface area (Å²) in [5.74, 6) is 2.55. The van der Waals surface area contributed by atoms with Gasteiger partial charge >= 0.3 is 0 Å². The molecule has 0 unspecified atom stereocenters. The van der Waals surface area contributed by atoms with Crippen LogP contribution in [0.4, 0.5) is 5.82 Å². The molecule has 0 spiro atoms. The molecule has 1 aromatic rings. The first-order chi connectivity index (χ1) is 14.7. The Morgan fingerprint density at radius 2 is 1.94 bits per heavy atom. The normalized spacial score (nSPS) is 18.4. The second-order valence-corrected chi connectivity index (χ2v) is 8.65. The molecule has 1 aliphatic carbocycles. The van der Waals surface area contributed by atoms with E-state index in [2.05, 4.69) is 31.6 Å². The highest BCUT2D eigenvalue weighted by molar-refractivity contribution is 14.0. The fraction of sp³-hybridized carbons (Fsp3) is 0.696. The van der Waals surface area contributed by atoms with Gasteiger partial charge in [0.15, 0.2) is 5.96 Å². The Morgan fingerprint density at radius 1 is 1.19 bits per heavy atom. The molecule has 1 amide bonds. The van der Waals surface area contributed by atoms with Crippen LogP contribution < -0.4 is 21.3 Å². The third kappa shape index (κ3) is 8.12. The van der Waals surface area contributed by atoms with Crippen molar-refractivity contribution in [2.75, 3.05) is 31.6 Å². The molecule has 0 atom stereocenters. The molecule has 3 rings (SSSR count). The highest BCUT2D eigenvalue weighted by atomic mass is 127. The maximum absolute atomic E-state index is 11.4. The van der Waals surface area contributed by atoms with Gasteiger partial charge in [-0.15, -0.1) is 24.0 Å². The van der Waals surface area contributed by atoms with Crippen molar-refractivity contribution in [3.63, 3.8) is 0 Å². The van der Waals surface area contributed by atoms with E-state index in [1.54, 1.807) is 0 Å². The van der Waals surface area contributed by atoms with Crippen molar-refractivity contribution in [1.82, 2.24) is 15.6 Å². The predicted molar refractivity (Wildman–Crippen MR) is 138 cm³/mol. The molecular formula is C23H39IN6O. The lowest BCUT2D eigenvalue weighted by molar-refractivity contribution is -0.122. The first kappa shape index (κ1) is 25.7. The number of carbonyl (C=O) groups is 1. The SMILES string of the molecule is CN=C(NCCCC1CCCCC1)NCc1cccnc1N1CCC(C(N)=O)CC1.I. The number of primary amides is 1. The van der Waals surface area contributed by atoms with Crippen molar-refractivity contribution in [3.8, 4) is 0 Å². The number of guanidine groups is 1. The Kier molecular flexibility index (Phi) is 11.4. The van der Waals surface area contributed by atoms with Gasteiger partial charge in [-0.3, -0.25) is 9.79 Å². The van der Waals surface area contributed by atoms with E-state index in [1.807, 2.05) is 19.3 Å². The first-order valence-electron chi connectivity index (χ1n) is 11.6. The van der Waals surface area contributed by atoms with Crippen molar-refractivity contribution in [1.29, 1.82) is 0 Å². The second kappa shape index (κ2) is 13.8. The van der Waals surface area contributed by atoms with Gasteiger partial charge < -0.3 is 21.3 Å². The highest BCUT2D eigenvalue weighted by Gasteiger charge is 2.25. The van der Waals surface area contributed by atoms with E-state index in [4.69, 9.17) is 5.73 Å². The Balaban J connectivity index is 0.00000341. The number of nitrogens with zero attached hydrogens (tertiary/aromatic N) is 3. The number of hydrogen-bond acceptors (Lipinski definition) is 4. The molecular weight excluding hydrogens is 503 g/mol. The summed E-state index contributed by atoms with van der Waals surface area (Å²) in [4.78, 5) is 22.7. The third-order valence-corrected chi connectivity index (χ3v) is 6.54. The third-order valence-electron chi connectivity index (χ3n) is 6.54.